The normalized spacial score (nSPS) is 15.0. The van der Waals surface area contributed by atoms with Crippen molar-refractivity contribution >= 4 is 13.9 Å². The van der Waals surface area contributed by atoms with Crippen LogP contribution in [0, 0.1) is 6.92 Å². The number of aryl methyl sites for hydroxylation is 1. The lowest BCUT2D eigenvalue weighted by Crippen LogP contribution is -2.25. The van der Waals surface area contributed by atoms with E-state index in [1.807, 2.05) is 19.1 Å². The predicted octanol–water partition coefficient (Wildman–Crippen LogP) is 5.44. The van der Waals surface area contributed by atoms with E-state index in [1.54, 1.807) is 7.11 Å². The van der Waals surface area contributed by atoms with E-state index in [1.165, 1.54) is 16.4 Å². The molecule has 2 aromatic carbocycles. The fraction of sp³-hybridized carbons (Fsp3) is 0.478. The first kappa shape index (κ1) is 21.9. The van der Waals surface area contributed by atoms with Gasteiger partial charge in [-0.05, 0) is 43.6 Å². The zero-order valence-electron chi connectivity index (χ0n) is 17.2. The van der Waals surface area contributed by atoms with Crippen LogP contribution in [-0.4, -0.2) is 19.0 Å². The predicted molar refractivity (Wildman–Crippen MR) is 116 cm³/mol. The maximum absolute atomic E-state index is 10.3. The Bertz CT molecular complexity index is 729. The van der Waals surface area contributed by atoms with Gasteiger partial charge in [0.25, 0.3) is 0 Å². The van der Waals surface area contributed by atoms with Gasteiger partial charge in [-0.1, -0.05) is 70.8 Å². The number of benzene rings is 2. The smallest absolute Gasteiger partial charge is 0.188 e. The quantitative estimate of drug-likeness (QED) is 0.435. The maximum Gasteiger partial charge on any atom is 0.188 e. The van der Waals surface area contributed by atoms with Crippen LogP contribution < -0.4 is 10.0 Å². The summed E-state index contributed by atoms with van der Waals surface area (Å²) in [6.07, 6.45) is 2.71. The molecule has 0 saturated carbocycles. The molecule has 2 rings (SSSR count). The SMILES string of the molecule is CCCC(CC)(Pc1ccccc1C(C)O)c1cc(C)ccc1OCOC. The molecule has 0 bridgehead atoms. The molecule has 2 aromatic rings. The van der Waals surface area contributed by atoms with Crippen molar-refractivity contribution in [3.8, 4) is 5.75 Å². The minimum absolute atomic E-state index is 0.0190. The van der Waals surface area contributed by atoms with E-state index >= 15 is 0 Å². The van der Waals surface area contributed by atoms with E-state index in [-0.39, 0.29) is 11.9 Å². The van der Waals surface area contributed by atoms with Gasteiger partial charge in [-0.15, -0.1) is 0 Å². The van der Waals surface area contributed by atoms with Gasteiger partial charge in [0.1, 0.15) is 5.75 Å². The molecule has 1 N–H and O–H groups in total. The van der Waals surface area contributed by atoms with Crippen molar-refractivity contribution in [3.05, 3.63) is 59.2 Å². The molecule has 0 amide bonds. The van der Waals surface area contributed by atoms with Crippen LogP contribution in [-0.2, 0) is 9.89 Å². The fourth-order valence-electron chi connectivity index (χ4n) is 3.65. The van der Waals surface area contributed by atoms with Crippen LogP contribution in [0.4, 0.5) is 0 Å². The minimum atomic E-state index is -0.466. The molecule has 27 heavy (non-hydrogen) atoms. The lowest BCUT2D eigenvalue weighted by molar-refractivity contribution is 0.0499. The Labute approximate surface area is 165 Å². The van der Waals surface area contributed by atoms with Crippen molar-refractivity contribution < 1.29 is 14.6 Å². The van der Waals surface area contributed by atoms with Crippen molar-refractivity contribution in [3.63, 3.8) is 0 Å². The molecule has 3 nitrogen and oxygen atoms in total. The molecule has 148 valence electrons. The summed E-state index contributed by atoms with van der Waals surface area (Å²) >= 11 is 0. The van der Waals surface area contributed by atoms with Gasteiger partial charge in [0.05, 0.1) is 6.10 Å². The van der Waals surface area contributed by atoms with E-state index in [2.05, 4.69) is 51.1 Å². The number of rotatable bonds is 10. The summed E-state index contributed by atoms with van der Waals surface area (Å²) in [7, 11) is 2.21. The van der Waals surface area contributed by atoms with Crippen molar-refractivity contribution in [1.82, 2.24) is 0 Å². The molecule has 0 spiro atoms. The third-order valence-corrected chi connectivity index (χ3v) is 7.12. The second kappa shape index (κ2) is 10.2. The third-order valence-electron chi connectivity index (χ3n) is 5.05. The average Bonchev–Trinajstić information content (AvgIpc) is 2.66. The molecule has 0 aliphatic heterocycles. The Morgan fingerprint density at radius 1 is 1.15 bits per heavy atom. The summed E-state index contributed by atoms with van der Waals surface area (Å²) in [6, 6.07) is 14.7. The van der Waals surface area contributed by atoms with Crippen molar-refractivity contribution in [2.45, 2.75) is 58.2 Å². The molecule has 3 atom stereocenters. The first-order valence-corrected chi connectivity index (χ1v) is 10.8. The monoisotopic (exact) mass is 388 g/mol. The Kier molecular flexibility index (Phi) is 8.28. The van der Waals surface area contributed by atoms with E-state index < -0.39 is 6.10 Å². The minimum Gasteiger partial charge on any atom is -0.467 e. The second-order valence-corrected chi connectivity index (χ2v) is 8.87. The molecule has 0 fully saturated rings. The fourth-order valence-corrected chi connectivity index (χ4v) is 5.66. The molecule has 0 aromatic heterocycles. The molecule has 0 saturated heterocycles. The van der Waals surface area contributed by atoms with Crippen LogP contribution in [0.3, 0.4) is 0 Å². The molecule has 0 aliphatic carbocycles. The summed E-state index contributed by atoms with van der Waals surface area (Å²) in [5.41, 5.74) is 3.51. The highest BCUT2D eigenvalue weighted by Gasteiger charge is 2.34. The first-order valence-electron chi connectivity index (χ1n) is 9.75. The summed E-state index contributed by atoms with van der Waals surface area (Å²) in [6.45, 7) is 8.71. The van der Waals surface area contributed by atoms with Gasteiger partial charge in [-0.3, -0.25) is 0 Å². The number of hydrogen-bond donors (Lipinski definition) is 1. The third kappa shape index (κ3) is 5.31. The molecule has 3 unspecified atom stereocenters. The van der Waals surface area contributed by atoms with Crippen LogP contribution in [0.25, 0.3) is 0 Å². The Morgan fingerprint density at radius 2 is 1.89 bits per heavy atom. The molecule has 0 aliphatic rings. The van der Waals surface area contributed by atoms with Crippen LogP contribution >= 0.6 is 8.58 Å². The summed E-state index contributed by atoms with van der Waals surface area (Å²) < 4.78 is 11.1. The van der Waals surface area contributed by atoms with E-state index in [4.69, 9.17) is 9.47 Å². The molecular formula is C23H33O3P. The van der Waals surface area contributed by atoms with Crippen LogP contribution in [0.2, 0.25) is 0 Å². The van der Waals surface area contributed by atoms with E-state index in [0.717, 1.165) is 30.6 Å². The second-order valence-electron chi connectivity index (χ2n) is 7.12. The van der Waals surface area contributed by atoms with E-state index in [9.17, 15) is 5.11 Å². The maximum atomic E-state index is 10.3. The number of methoxy groups -OCH3 is 1. The lowest BCUT2D eigenvalue weighted by Gasteiger charge is -2.36. The lowest BCUT2D eigenvalue weighted by atomic mass is 9.89. The standard InChI is InChI=1S/C23H33O3P/c1-6-14-23(7-2,27-22-11-9-8-10-19(22)18(4)24)20-15-17(3)12-13-21(20)26-16-25-5/h8-13,15,18,24,27H,6-7,14,16H2,1-5H3. The van der Waals surface area contributed by atoms with Crippen molar-refractivity contribution in [2.75, 3.05) is 13.9 Å². The zero-order valence-corrected chi connectivity index (χ0v) is 18.2. The van der Waals surface area contributed by atoms with Gasteiger partial charge >= 0.3 is 0 Å². The molecule has 4 heteroatoms. The molecule has 0 heterocycles. The van der Waals surface area contributed by atoms with Gasteiger partial charge < -0.3 is 14.6 Å². The summed E-state index contributed by atoms with van der Waals surface area (Å²) in [5, 5.41) is 11.5. The highest BCUT2D eigenvalue weighted by Crippen LogP contribution is 2.51. The number of aliphatic hydroxyl groups is 1. The van der Waals surface area contributed by atoms with Crippen molar-refractivity contribution in [1.29, 1.82) is 0 Å². The zero-order chi connectivity index (χ0) is 19.9. The van der Waals surface area contributed by atoms with Crippen LogP contribution in [0.1, 0.15) is 62.8 Å². The van der Waals surface area contributed by atoms with Crippen LogP contribution in [0.5, 0.6) is 5.75 Å². The Morgan fingerprint density at radius 3 is 2.52 bits per heavy atom. The van der Waals surface area contributed by atoms with Crippen LogP contribution in [0.15, 0.2) is 42.5 Å². The Hall–Kier alpha value is -1.41. The van der Waals surface area contributed by atoms with Gasteiger partial charge in [0.2, 0.25) is 0 Å². The average molecular weight is 388 g/mol. The number of aliphatic hydroxyl groups excluding tert-OH is 1. The first-order chi connectivity index (χ1) is 13.0. The topological polar surface area (TPSA) is 38.7 Å². The van der Waals surface area contributed by atoms with Gasteiger partial charge in [0.15, 0.2) is 6.79 Å². The highest BCUT2D eigenvalue weighted by atomic mass is 31.1. The number of ether oxygens (including phenoxy) is 2. The summed E-state index contributed by atoms with van der Waals surface area (Å²) in [5.74, 6) is 0.903. The summed E-state index contributed by atoms with van der Waals surface area (Å²) in [4.78, 5) is 0. The van der Waals surface area contributed by atoms with Gasteiger partial charge in [0, 0.05) is 17.8 Å². The van der Waals surface area contributed by atoms with Crippen molar-refractivity contribution in [2.24, 2.45) is 0 Å². The molecular weight excluding hydrogens is 355 g/mol. The highest BCUT2D eigenvalue weighted by molar-refractivity contribution is 7.48. The molecule has 0 radical (unpaired) electrons. The van der Waals surface area contributed by atoms with Gasteiger partial charge in [-0.25, -0.2) is 0 Å². The van der Waals surface area contributed by atoms with Gasteiger partial charge in [-0.2, -0.15) is 0 Å². The van der Waals surface area contributed by atoms with E-state index in [0.29, 0.717) is 8.58 Å². The Balaban J connectivity index is 2.56. The largest absolute Gasteiger partial charge is 0.467 e. The number of hydrogen-bond acceptors (Lipinski definition) is 3.